The zero-order valence-electron chi connectivity index (χ0n) is 9.84. The van der Waals surface area contributed by atoms with E-state index in [2.05, 4.69) is 23.7 Å². The summed E-state index contributed by atoms with van der Waals surface area (Å²) in [5.74, 6) is 0. The molecule has 0 bridgehead atoms. The Morgan fingerprint density at radius 2 is 2.13 bits per heavy atom. The number of aliphatic hydroxyl groups is 1. The van der Waals surface area contributed by atoms with Gasteiger partial charge in [-0.3, -0.25) is 4.90 Å². The highest BCUT2D eigenvalue weighted by atomic mass is 16.3. The molecule has 0 unspecified atom stereocenters. The summed E-state index contributed by atoms with van der Waals surface area (Å²) in [5.41, 5.74) is 0.406. The molecular weight excluding hydrogens is 188 g/mol. The average Bonchev–Trinajstić information content (AvgIpc) is 2.19. The molecule has 0 radical (unpaired) electrons. The molecule has 1 saturated heterocycles. The Balaban J connectivity index is 2.43. The number of piperidine rings is 1. The third-order valence-electron chi connectivity index (χ3n) is 3.22. The number of hydrogen-bond donors (Lipinski definition) is 2. The van der Waals surface area contributed by atoms with Crippen molar-refractivity contribution in [3.63, 3.8) is 0 Å². The molecule has 1 heterocycles. The van der Waals surface area contributed by atoms with Gasteiger partial charge in [-0.2, -0.15) is 0 Å². The normalized spacial score (nSPS) is 20.5. The second-order valence-electron chi connectivity index (χ2n) is 4.81. The molecule has 0 aromatic carbocycles. The molecule has 1 fully saturated rings. The second kappa shape index (κ2) is 6.26. The Morgan fingerprint density at radius 3 is 2.67 bits per heavy atom. The van der Waals surface area contributed by atoms with Crippen molar-refractivity contribution in [2.45, 2.75) is 19.8 Å². The summed E-state index contributed by atoms with van der Waals surface area (Å²) in [4.78, 5) is 2.29. The van der Waals surface area contributed by atoms with E-state index in [1.54, 1.807) is 0 Å². The van der Waals surface area contributed by atoms with Crippen LogP contribution in [0.15, 0.2) is 12.7 Å². The molecule has 0 spiro atoms. The van der Waals surface area contributed by atoms with E-state index in [1.807, 2.05) is 6.08 Å². The van der Waals surface area contributed by atoms with E-state index < -0.39 is 0 Å². The van der Waals surface area contributed by atoms with Gasteiger partial charge in [0.25, 0.3) is 0 Å². The minimum absolute atomic E-state index is 0.238. The van der Waals surface area contributed by atoms with Crippen LogP contribution in [0.3, 0.4) is 0 Å². The second-order valence-corrected chi connectivity index (χ2v) is 4.81. The van der Waals surface area contributed by atoms with Crippen LogP contribution in [0.25, 0.3) is 0 Å². The van der Waals surface area contributed by atoms with E-state index in [4.69, 9.17) is 5.11 Å². The topological polar surface area (TPSA) is 35.5 Å². The lowest BCUT2D eigenvalue weighted by Crippen LogP contribution is -2.43. The first-order valence-electron chi connectivity index (χ1n) is 5.85. The van der Waals surface area contributed by atoms with Gasteiger partial charge in [0.05, 0.1) is 6.61 Å². The van der Waals surface area contributed by atoms with Crippen LogP contribution >= 0.6 is 0 Å². The fraction of sp³-hybridized carbons (Fsp3) is 0.833. The molecule has 0 aromatic heterocycles. The Hall–Kier alpha value is -0.380. The molecule has 0 atom stereocenters. The highest BCUT2D eigenvalue weighted by molar-refractivity contribution is 4.85. The van der Waals surface area contributed by atoms with Crippen LogP contribution in [0.1, 0.15) is 19.8 Å². The molecule has 1 aliphatic rings. The molecule has 2 N–H and O–H groups in total. The SMILES string of the molecule is C=CCN(CCO)CC1(C)CCNCC1. The van der Waals surface area contributed by atoms with Gasteiger partial charge in [-0.1, -0.05) is 13.0 Å². The molecule has 15 heavy (non-hydrogen) atoms. The monoisotopic (exact) mass is 212 g/mol. The summed E-state index contributed by atoms with van der Waals surface area (Å²) in [7, 11) is 0. The average molecular weight is 212 g/mol. The van der Waals surface area contributed by atoms with E-state index in [1.165, 1.54) is 12.8 Å². The molecule has 0 amide bonds. The number of aliphatic hydroxyl groups excluding tert-OH is 1. The van der Waals surface area contributed by atoms with Gasteiger partial charge in [0.15, 0.2) is 0 Å². The van der Waals surface area contributed by atoms with Gasteiger partial charge < -0.3 is 10.4 Å². The lowest BCUT2D eigenvalue weighted by molar-refractivity contribution is 0.118. The fourth-order valence-electron chi connectivity index (χ4n) is 2.29. The quantitative estimate of drug-likeness (QED) is 0.641. The van der Waals surface area contributed by atoms with Crippen molar-refractivity contribution in [2.75, 3.05) is 39.3 Å². The van der Waals surface area contributed by atoms with Gasteiger partial charge >= 0.3 is 0 Å². The first kappa shape index (κ1) is 12.7. The Labute approximate surface area is 93.2 Å². The zero-order chi connectivity index (χ0) is 11.1. The summed E-state index contributed by atoms with van der Waals surface area (Å²) < 4.78 is 0. The van der Waals surface area contributed by atoms with Gasteiger partial charge in [0, 0.05) is 19.6 Å². The third-order valence-corrected chi connectivity index (χ3v) is 3.22. The molecule has 0 saturated carbocycles. The highest BCUT2D eigenvalue weighted by Gasteiger charge is 2.28. The molecule has 88 valence electrons. The van der Waals surface area contributed by atoms with Crippen LogP contribution in [-0.2, 0) is 0 Å². The Bertz CT molecular complexity index is 188. The van der Waals surface area contributed by atoms with E-state index in [0.717, 1.165) is 32.7 Å². The van der Waals surface area contributed by atoms with Crippen molar-refractivity contribution in [1.82, 2.24) is 10.2 Å². The predicted octanol–water partition coefficient (Wildman–Crippen LogP) is 0.856. The molecule has 1 aliphatic heterocycles. The maximum atomic E-state index is 8.99. The summed E-state index contributed by atoms with van der Waals surface area (Å²) in [6, 6.07) is 0. The molecule has 1 rings (SSSR count). The highest BCUT2D eigenvalue weighted by Crippen LogP contribution is 2.28. The van der Waals surface area contributed by atoms with E-state index in [9.17, 15) is 0 Å². The first-order valence-corrected chi connectivity index (χ1v) is 5.85. The molecule has 0 aromatic rings. The molecule has 0 aliphatic carbocycles. The first-order chi connectivity index (χ1) is 7.20. The number of hydrogen-bond acceptors (Lipinski definition) is 3. The van der Waals surface area contributed by atoms with Gasteiger partial charge in [-0.05, 0) is 31.3 Å². The van der Waals surface area contributed by atoms with Crippen molar-refractivity contribution in [2.24, 2.45) is 5.41 Å². The minimum Gasteiger partial charge on any atom is -0.395 e. The summed E-state index contributed by atoms with van der Waals surface area (Å²) >= 11 is 0. The molecule has 3 heteroatoms. The van der Waals surface area contributed by atoms with Gasteiger partial charge in [0.1, 0.15) is 0 Å². The standard InChI is InChI=1S/C12H24N2O/c1-3-8-14(9-10-15)11-12(2)4-6-13-7-5-12/h3,13,15H,1,4-11H2,2H3. The third kappa shape index (κ3) is 4.33. The van der Waals surface area contributed by atoms with Crippen molar-refractivity contribution in [3.8, 4) is 0 Å². The van der Waals surface area contributed by atoms with Crippen molar-refractivity contribution >= 4 is 0 Å². The van der Waals surface area contributed by atoms with Crippen LogP contribution in [0.5, 0.6) is 0 Å². The van der Waals surface area contributed by atoms with Crippen LogP contribution in [-0.4, -0.2) is 49.3 Å². The largest absolute Gasteiger partial charge is 0.395 e. The number of nitrogens with one attached hydrogen (secondary N) is 1. The van der Waals surface area contributed by atoms with Crippen LogP contribution in [0.2, 0.25) is 0 Å². The summed E-state index contributed by atoms with van der Waals surface area (Å²) in [6.45, 7) is 11.3. The Kier molecular flexibility index (Phi) is 5.29. The van der Waals surface area contributed by atoms with Gasteiger partial charge in [0.2, 0.25) is 0 Å². The fourth-order valence-corrected chi connectivity index (χ4v) is 2.29. The summed E-state index contributed by atoms with van der Waals surface area (Å²) in [6.07, 6.45) is 4.37. The predicted molar refractivity (Wildman–Crippen MR) is 63.9 cm³/mol. The Morgan fingerprint density at radius 1 is 1.47 bits per heavy atom. The van der Waals surface area contributed by atoms with Crippen LogP contribution < -0.4 is 5.32 Å². The van der Waals surface area contributed by atoms with Crippen molar-refractivity contribution in [1.29, 1.82) is 0 Å². The van der Waals surface area contributed by atoms with Crippen LogP contribution in [0.4, 0.5) is 0 Å². The number of rotatable bonds is 6. The lowest BCUT2D eigenvalue weighted by Gasteiger charge is -2.38. The zero-order valence-corrected chi connectivity index (χ0v) is 9.84. The molecule has 3 nitrogen and oxygen atoms in total. The molecular formula is C12H24N2O. The van der Waals surface area contributed by atoms with Gasteiger partial charge in [-0.15, -0.1) is 6.58 Å². The minimum atomic E-state index is 0.238. The van der Waals surface area contributed by atoms with E-state index in [0.29, 0.717) is 5.41 Å². The van der Waals surface area contributed by atoms with Gasteiger partial charge in [-0.25, -0.2) is 0 Å². The van der Waals surface area contributed by atoms with Crippen LogP contribution in [0, 0.1) is 5.41 Å². The summed E-state index contributed by atoms with van der Waals surface area (Å²) in [5, 5.41) is 12.4. The van der Waals surface area contributed by atoms with Crippen molar-refractivity contribution < 1.29 is 5.11 Å². The van der Waals surface area contributed by atoms with E-state index >= 15 is 0 Å². The van der Waals surface area contributed by atoms with E-state index in [-0.39, 0.29) is 6.61 Å². The maximum Gasteiger partial charge on any atom is 0.0558 e. The smallest absolute Gasteiger partial charge is 0.0558 e. The number of nitrogens with zero attached hydrogens (tertiary/aromatic N) is 1. The lowest BCUT2D eigenvalue weighted by atomic mass is 9.80. The maximum absolute atomic E-state index is 8.99. The van der Waals surface area contributed by atoms with Crippen molar-refractivity contribution in [3.05, 3.63) is 12.7 Å².